The summed E-state index contributed by atoms with van der Waals surface area (Å²) in [6, 6.07) is 7.29. The second-order valence-corrected chi connectivity index (χ2v) is 4.98. The number of benzene rings is 1. The van der Waals surface area contributed by atoms with E-state index in [1.807, 2.05) is 6.07 Å². The number of hydrogen-bond donors (Lipinski definition) is 1. The zero-order valence-electron chi connectivity index (χ0n) is 10.2. The second-order valence-electron chi connectivity index (χ2n) is 4.98. The molecule has 1 aromatic carbocycles. The zero-order valence-corrected chi connectivity index (χ0v) is 10.2. The molecule has 0 amide bonds. The molecule has 1 aliphatic carbocycles. The average Bonchev–Trinajstić information content (AvgIpc) is 2.97. The van der Waals surface area contributed by atoms with Crippen LogP contribution >= 0.6 is 0 Å². The van der Waals surface area contributed by atoms with Crippen LogP contribution in [0.15, 0.2) is 18.2 Å². The third-order valence-electron chi connectivity index (χ3n) is 3.74. The minimum atomic E-state index is 0.350. The van der Waals surface area contributed by atoms with Crippen molar-refractivity contribution in [2.45, 2.75) is 44.7 Å². The van der Waals surface area contributed by atoms with Crippen LogP contribution in [0.5, 0.6) is 11.5 Å². The van der Waals surface area contributed by atoms with Gasteiger partial charge in [0.25, 0.3) is 0 Å². The Morgan fingerprint density at radius 2 is 1.94 bits per heavy atom. The number of fused-ring (bicyclic) bond motifs is 1. The van der Waals surface area contributed by atoms with Gasteiger partial charge in [-0.2, -0.15) is 0 Å². The van der Waals surface area contributed by atoms with Crippen LogP contribution in [0.1, 0.15) is 44.2 Å². The summed E-state index contributed by atoms with van der Waals surface area (Å²) in [4.78, 5) is 0. The van der Waals surface area contributed by atoms with Gasteiger partial charge >= 0.3 is 0 Å². The first-order valence-electron chi connectivity index (χ1n) is 6.48. The highest BCUT2D eigenvalue weighted by Gasteiger charge is 2.19. The topological polar surface area (TPSA) is 30.5 Å². The van der Waals surface area contributed by atoms with Crippen LogP contribution in [0.2, 0.25) is 0 Å². The summed E-state index contributed by atoms with van der Waals surface area (Å²) in [5.74, 6) is 1.74. The van der Waals surface area contributed by atoms with Crippen LogP contribution in [0, 0.1) is 0 Å². The van der Waals surface area contributed by atoms with Gasteiger partial charge in [-0.3, -0.25) is 0 Å². The van der Waals surface area contributed by atoms with E-state index in [9.17, 15) is 0 Å². The van der Waals surface area contributed by atoms with Crippen molar-refractivity contribution < 1.29 is 9.47 Å². The summed E-state index contributed by atoms with van der Waals surface area (Å²) in [6.45, 7) is 2.57. The van der Waals surface area contributed by atoms with Crippen LogP contribution in [0.3, 0.4) is 0 Å². The third kappa shape index (κ3) is 2.25. The number of nitrogens with one attached hydrogen (secondary N) is 1. The molecule has 1 aromatic rings. The normalized spacial score (nSPS) is 20.8. The van der Waals surface area contributed by atoms with E-state index in [2.05, 4.69) is 24.4 Å². The smallest absolute Gasteiger partial charge is 0.231 e. The van der Waals surface area contributed by atoms with Gasteiger partial charge in [-0.25, -0.2) is 0 Å². The highest BCUT2D eigenvalue weighted by molar-refractivity contribution is 5.45. The van der Waals surface area contributed by atoms with Crippen molar-refractivity contribution in [1.82, 2.24) is 5.32 Å². The fourth-order valence-corrected chi connectivity index (χ4v) is 2.72. The first-order valence-corrected chi connectivity index (χ1v) is 6.48. The second kappa shape index (κ2) is 4.57. The first-order chi connectivity index (χ1) is 8.33. The summed E-state index contributed by atoms with van der Waals surface area (Å²) in [5, 5.41) is 3.69. The number of rotatable bonds is 3. The SMILES string of the molecule is CC(NC1CCCC1)c1ccc2c(c1)OCO2. The molecule has 0 spiro atoms. The van der Waals surface area contributed by atoms with Crippen molar-refractivity contribution in [2.75, 3.05) is 6.79 Å². The van der Waals surface area contributed by atoms with Crippen LogP contribution in [-0.2, 0) is 0 Å². The Morgan fingerprint density at radius 1 is 1.18 bits per heavy atom. The number of ether oxygens (including phenoxy) is 2. The lowest BCUT2D eigenvalue weighted by atomic mass is 10.1. The Hall–Kier alpha value is -1.22. The molecule has 0 radical (unpaired) electrons. The van der Waals surface area contributed by atoms with E-state index in [-0.39, 0.29) is 0 Å². The van der Waals surface area contributed by atoms with Crippen LogP contribution < -0.4 is 14.8 Å². The van der Waals surface area contributed by atoms with Gasteiger partial charge in [-0.15, -0.1) is 0 Å². The van der Waals surface area contributed by atoms with E-state index in [0.717, 1.165) is 11.5 Å². The zero-order chi connectivity index (χ0) is 11.7. The summed E-state index contributed by atoms with van der Waals surface area (Å²) in [7, 11) is 0. The van der Waals surface area contributed by atoms with Gasteiger partial charge in [0.1, 0.15) is 0 Å². The Bertz CT molecular complexity index is 399. The summed E-state index contributed by atoms with van der Waals surface area (Å²) in [5.41, 5.74) is 1.28. The molecule has 0 bridgehead atoms. The molecule has 1 fully saturated rings. The van der Waals surface area contributed by atoms with Crippen molar-refractivity contribution in [3.05, 3.63) is 23.8 Å². The van der Waals surface area contributed by atoms with E-state index in [0.29, 0.717) is 18.9 Å². The molecular weight excluding hydrogens is 214 g/mol. The predicted molar refractivity (Wildman–Crippen MR) is 66.4 cm³/mol. The Labute approximate surface area is 102 Å². The van der Waals surface area contributed by atoms with Crippen molar-refractivity contribution in [1.29, 1.82) is 0 Å². The number of hydrogen-bond acceptors (Lipinski definition) is 3. The maximum atomic E-state index is 5.41. The highest BCUT2D eigenvalue weighted by atomic mass is 16.7. The molecule has 1 N–H and O–H groups in total. The molecule has 1 unspecified atom stereocenters. The largest absolute Gasteiger partial charge is 0.454 e. The summed E-state index contributed by atoms with van der Waals surface area (Å²) in [6.07, 6.45) is 5.36. The molecule has 0 aromatic heterocycles. The molecule has 2 aliphatic rings. The van der Waals surface area contributed by atoms with Gasteiger partial charge in [0.2, 0.25) is 6.79 Å². The molecule has 3 rings (SSSR count). The quantitative estimate of drug-likeness (QED) is 0.870. The third-order valence-corrected chi connectivity index (χ3v) is 3.74. The summed E-state index contributed by atoms with van der Waals surface area (Å²) < 4.78 is 10.7. The van der Waals surface area contributed by atoms with Gasteiger partial charge in [0, 0.05) is 12.1 Å². The van der Waals surface area contributed by atoms with Gasteiger partial charge in [0.15, 0.2) is 11.5 Å². The molecular formula is C14H19NO2. The van der Waals surface area contributed by atoms with Gasteiger partial charge in [-0.05, 0) is 37.5 Å². The van der Waals surface area contributed by atoms with Gasteiger partial charge in [0.05, 0.1) is 0 Å². The molecule has 3 nitrogen and oxygen atoms in total. The fraction of sp³-hybridized carbons (Fsp3) is 0.571. The molecule has 3 heteroatoms. The Kier molecular flexibility index (Phi) is 2.93. The van der Waals surface area contributed by atoms with Crippen LogP contribution in [0.4, 0.5) is 0 Å². The first kappa shape index (κ1) is 10.9. The lowest BCUT2D eigenvalue weighted by Gasteiger charge is -2.19. The maximum absolute atomic E-state index is 5.41. The lowest BCUT2D eigenvalue weighted by Crippen LogP contribution is -2.28. The fourth-order valence-electron chi connectivity index (χ4n) is 2.72. The van der Waals surface area contributed by atoms with Crippen molar-refractivity contribution in [3.8, 4) is 11.5 Å². The molecule has 0 saturated heterocycles. The molecule has 1 saturated carbocycles. The molecule has 1 heterocycles. The molecule has 17 heavy (non-hydrogen) atoms. The van der Waals surface area contributed by atoms with E-state index in [1.165, 1.54) is 31.2 Å². The van der Waals surface area contributed by atoms with Gasteiger partial charge < -0.3 is 14.8 Å². The van der Waals surface area contributed by atoms with Crippen LogP contribution in [-0.4, -0.2) is 12.8 Å². The van der Waals surface area contributed by atoms with E-state index in [4.69, 9.17) is 9.47 Å². The summed E-state index contributed by atoms with van der Waals surface area (Å²) >= 11 is 0. The van der Waals surface area contributed by atoms with Crippen molar-refractivity contribution in [2.24, 2.45) is 0 Å². The monoisotopic (exact) mass is 233 g/mol. The Morgan fingerprint density at radius 3 is 2.76 bits per heavy atom. The van der Waals surface area contributed by atoms with E-state index < -0.39 is 0 Å². The lowest BCUT2D eigenvalue weighted by molar-refractivity contribution is 0.174. The predicted octanol–water partition coefficient (Wildman–Crippen LogP) is 3.01. The highest BCUT2D eigenvalue weighted by Crippen LogP contribution is 2.34. The minimum Gasteiger partial charge on any atom is -0.454 e. The Balaban J connectivity index is 1.70. The van der Waals surface area contributed by atoms with Crippen molar-refractivity contribution in [3.63, 3.8) is 0 Å². The maximum Gasteiger partial charge on any atom is 0.231 e. The average molecular weight is 233 g/mol. The van der Waals surface area contributed by atoms with Crippen molar-refractivity contribution >= 4 is 0 Å². The standard InChI is InChI=1S/C14H19NO2/c1-10(15-12-4-2-3-5-12)11-6-7-13-14(8-11)17-9-16-13/h6-8,10,12,15H,2-5,9H2,1H3. The molecule has 1 aliphatic heterocycles. The van der Waals surface area contributed by atoms with E-state index in [1.54, 1.807) is 0 Å². The molecule has 92 valence electrons. The minimum absolute atomic E-state index is 0.350. The van der Waals surface area contributed by atoms with E-state index >= 15 is 0 Å². The van der Waals surface area contributed by atoms with Crippen LogP contribution in [0.25, 0.3) is 0 Å². The van der Waals surface area contributed by atoms with Gasteiger partial charge in [-0.1, -0.05) is 18.9 Å². The molecule has 1 atom stereocenters.